The van der Waals surface area contributed by atoms with Crippen molar-refractivity contribution < 1.29 is 19.1 Å². The maximum absolute atomic E-state index is 14.8. The summed E-state index contributed by atoms with van der Waals surface area (Å²) in [4.78, 5) is 45.1. The van der Waals surface area contributed by atoms with E-state index in [0.29, 0.717) is 59.9 Å². The van der Waals surface area contributed by atoms with Gasteiger partial charge in [-0.3, -0.25) is 14.4 Å². The van der Waals surface area contributed by atoms with Crippen molar-refractivity contribution >= 4 is 52.4 Å². The van der Waals surface area contributed by atoms with Crippen LogP contribution in [0.3, 0.4) is 0 Å². The highest BCUT2D eigenvalue weighted by Crippen LogP contribution is 2.40. The van der Waals surface area contributed by atoms with Crippen LogP contribution in [0.25, 0.3) is 16.6 Å². The van der Waals surface area contributed by atoms with E-state index in [-0.39, 0.29) is 37.3 Å². The molecule has 2 atom stereocenters. The number of hydrogen-bond donors (Lipinski definition) is 2. The molecule has 12 nitrogen and oxygen atoms in total. The van der Waals surface area contributed by atoms with Crippen molar-refractivity contribution in [2.24, 2.45) is 17.6 Å². The molecule has 3 heterocycles. The number of rotatable bonds is 7. The highest BCUT2D eigenvalue weighted by Gasteiger charge is 2.49. The van der Waals surface area contributed by atoms with Gasteiger partial charge in [0, 0.05) is 31.1 Å². The van der Waals surface area contributed by atoms with Crippen LogP contribution >= 0.6 is 12.4 Å². The van der Waals surface area contributed by atoms with Gasteiger partial charge in [-0.25, -0.2) is 4.68 Å². The lowest BCUT2D eigenvalue weighted by atomic mass is 9.83. The van der Waals surface area contributed by atoms with Gasteiger partial charge < -0.3 is 25.6 Å². The summed E-state index contributed by atoms with van der Waals surface area (Å²) in [5.74, 6) is -2.86. The fourth-order valence-electron chi connectivity index (χ4n) is 6.47. The predicted molar refractivity (Wildman–Crippen MR) is 181 cm³/mol. The van der Waals surface area contributed by atoms with Crippen molar-refractivity contribution in [2.45, 2.75) is 31.8 Å². The van der Waals surface area contributed by atoms with Gasteiger partial charge in [-0.15, -0.1) is 12.4 Å². The average molecular weight is 667 g/mol. The van der Waals surface area contributed by atoms with E-state index in [0.717, 1.165) is 10.9 Å². The van der Waals surface area contributed by atoms with Crippen LogP contribution in [0.2, 0.25) is 0 Å². The molecule has 0 aliphatic carbocycles. The minimum Gasteiger partial charge on any atom is -0.381 e. The molecule has 0 saturated carbocycles. The van der Waals surface area contributed by atoms with Crippen LogP contribution in [0.1, 0.15) is 36.6 Å². The quantitative estimate of drug-likeness (QED) is 0.301. The Kier molecular flexibility index (Phi) is 9.82. The fourth-order valence-corrected chi connectivity index (χ4v) is 6.47. The average Bonchev–Trinajstić information content (AvgIpc) is 3.42. The van der Waals surface area contributed by atoms with Gasteiger partial charge in [-0.2, -0.15) is 15.6 Å². The third-order valence-corrected chi connectivity index (χ3v) is 9.40. The molecule has 1 saturated heterocycles. The van der Waals surface area contributed by atoms with Crippen LogP contribution in [0, 0.1) is 34.5 Å². The summed E-state index contributed by atoms with van der Waals surface area (Å²) in [7, 11) is 1.56. The molecule has 13 heteroatoms. The number of nitriles is 2. The van der Waals surface area contributed by atoms with E-state index in [1.807, 2.05) is 30.3 Å². The zero-order chi connectivity index (χ0) is 33.3. The molecule has 0 spiro atoms. The number of primary amides is 1. The SMILES string of the molecule is CNC(C)(C(N)=O)[C@@H]1CN(C(=O)C2CCOCC2)c2cc(C#N)ccc2N(Cc2nn(-c3ccccc3C#N)c3ccccc23)C1=O.Cl. The van der Waals surface area contributed by atoms with Gasteiger partial charge in [-0.05, 0) is 63.2 Å². The third-order valence-electron chi connectivity index (χ3n) is 9.40. The van der Waals surface area contributed by atoms with Gasteiger partial charge in [0.2, 0.25) is 17.7 Å². The van der Waals surface area contributed by atoms with Gasteiger partial charge >= 0.3 is 0 Å². The largest absolute Gasteiger partial charge is 0.381 e. The van der Waals surface area contributed by atoms with Gasteiger partial charge in [-0.1, -0.05) is 30.3 Å². The Hall–Kier alpha value is -5.27. The zero-order valence-corrected chi connectivity index (χ0v) is 27.4. The molecule has 2 aliphatic rings. The number of amides is 3. The number of nitrogens with two attached hydrogens (primary N) is 1. The maximum Gasteiger partial charge on any atom is 0.238 e. The Morgan fingerprint density at radius 2 is 1.73 bits per heavy atom. The molecule has 4 aromatic rings. The predicted octanol–water partition coefficient (Wildman–Crippen LogP) is 3.58. The number of carbonyl (C=O) groups is 3. The summed E-state index contributed by atoms with van der Waals surface area (Å²) < 4.78 is 7.19. The van der Waals surface area contributed by atoms with E-state index >= 15 is 0 Å². The Bertz CT molecular complexity index is 1980. The Labute approximate surface area is 284 Å². The van der Waals surface area contributed by atoms with Crippen LogP contribution in [0.15, 0.2) is 66.7 Å². The molecule has 0 bridgehead atoms. The van der Waals surface area contributed by atoms with Crippen molar-refractivity contribution in [3.05, 3.63) is 83.6 Å². The van der Waals surface area contributed by atoms with Crippen molar-refractivity contribution in [3.8, 4) is 17.8 Å². The minimum atomic E-state index is -1.53. The second-order valence-electron chi connectivity index (χ2n) is 11.9. The number of halogens is 1. The summed E-state index contributed by atoms with van der Waals surface area (Å²) in [6.45, 7) is 2.26. The van der Waals surface area contributed by atoms with Crippen molar-refractivity contribution in [3.63, 3.8) is 0 Å². The number of fused-ring (bicyclic) bond motifs is 2. The molecule has 3 aromatic carbocycles. The maximum atomic E-state index is 14.8. The molecule has 1 fully saturated rings. The first-order chi connectivity index (χ1) is 22.7. The van der Waals surface area contributed by atoms with Gasteiger partial charge in [0.15, 0.2) is 0 Å². The molecule has 2 aliphatic heterocycles. The van der Waals surface area contributed by atoms with Crippen LogP contribution in [0.5, 0.6) is 0 Å². The smallest absolute Gasteiger partial charge is 0.238 e. The normalized spacial score (nSPS) is 17.8. The van der Waals surface area contributed by atoms with Gasteiger partial charge in [0.25, 0.3) is 0 Å². The molecular weight excluding hydrogens is 632 g/mol. The molecule has 6 rings (SSSR count). The Balaban J connectivity index is 0.00000451. The van der Waals surface area contributed by atoms with E-state index in [2.05, 4.69) is 17.5 Å². The van der Waals surface area contributed by atoms with E-state index in [1.165, 1.54) is 9.80 Å². The molecule has 3 amide bonds. The summed E-state index contributed by atoms with van der Waals surface area (Å²) in [6.07, 6.45) is 1.02. The van der Waals surface area contributed by atoms with E-state index < -0.39 is 23.3 Å². The molecule has 1 aromatic heterocycles. The number of likely N-dealkylation sites (N-methyl/N-ethyl adjacent to an activating group) is 1. The molecule has 1 unspecified atom stereocenters. The number of benzene rings is 3. The van der Waals surface area contributed by atoms with Crippen LogP contribution in [0.4, 0.5) is 11.4 Å². The Morgan fingerprint density at radius 3 is 2.42 bits per heavy atom. The van der Waals surface area contributed by atoms with E-state index in [1.54, 1.807) is 55.1 Å². The van der Waals surface area contributed by atoms with Crippen LogP contribution < -0.4 is 20.9 Å². The molecule has 3 N–H and O–H groups in total. The molecule has 0 radical (unpaired) electrons. The highest BCUT2D eigenvalue weighted by molar-refractivity contribution is 6.09. The van der Waals surface area contributed by atoms with E-state index in [9.17, 15) is 24.9 Å². The minimum absolute atomic E-state index is 0. The molecule has 246 valence electrons. The number of nitrogens with one attached hydrogen (secondary N) is 1. The summed E-state index contributed by atoms with van der Waals surface area (Å²) in [5, 5.41) is 28.3. The monoisotopic (exact) mass is 666 g/mol. The first-order valence-electron chi connectivity index (χ1n) is 15.4. The van der Waals surface area contributed by atoms with Crippen molar-refractivity contribution in [1.29, 1.82) is 10.5 Å². The standard InChI is InChI=1S/C35H34N8O4.ClH/c1-35(39-2,34(38)46)26-20-41(32(44)23-13-15-47-16-14-23)31-17-22(18-36)11-12-30(31)42(33(26)45)21-27-25-8-4-6-10-29(25)43(40-27)28-9-5-3-7-24(28)19-37;/h3-12,17,23,26,39H,13-16,20-21H2,1-2H3,(H2,38,46);1H/t26-,35?;/m1./s1. The highest BCUT2D eigenvalue weighted by atomic mass is 35.5. The number of aromatic nitrogens is 2. The summed E-state index contributed by atoms with van der Waals surface area (Å²) in [5.41, 5.74) is 7.78. The Morgan fingerprint density at radius 1 is 1.02 bits per heavy atom. The number of anilines is 2. The van der Waals surface area contributed by atoms with Gasteiger partial charge in [0.1, 0.15) is 11.6 Å². The van der Waals surface area contributed by atoms with Gasteiger partial charge in [0.05, 0.1) is 57.9 Å². The van der Waals surface area contributed by atoms with Crippen LogP contribution in [-0.4, -0.2) is 59.8 Å². The lowest BCUT2D eigenvalue weighted by Gasteiger charge is -2.37. The first-order valence-corrected chi connectivity index (χ1v) is 15.4. The van der Waals surface area contributed by atoms with E-state index in [4.69, 9.17) is 15.6 Å². The number of carbonyl (C=O) groups excluding carboxylic acids is 3. The number of nitrogens with zero attached hydrogens (tertiary/aromatic N) is 6. The lowest BCUT2D eigenvalue weighted by molar-refractivity contribution is -0.134. The van der Waals surface area contributed by atoms with Crippen molar-refractivity contribution in [2.75, 3.05) is 36.6 Å². The second kappa shape index (κ2) is 13.8. The topological polar surface area (TPSA) is 170 Å². The number of hydrogen-bond acceptors (Lipinski definition) is 8. The number of para-hydroxylation sites is 2. The fraction of sp³-hybridized carbons (Fsp3) is 0.314. The lowest BCUT2D eigenvalue weighted by Crippen LogP contribution is -2.63. The van der Waals surface area contributed by atoms with Crippen LogP contribution in [-0.2, 0) is 25.7 Å². The molecular formula is C35H35ClN8O4. The summed E-state index contributed by atoms with van der Waals surface area (Å²) in [6, 6.07) is 23.9. The second-order valence-corrected chi connectivity index (χ2v) is 11.9. The zero-order valence-electron chi connectivity index (χ0n) is 26.6. The van der Waals surface area contributed by atoms with Crippen molar-refractivity contribution in [1.82, 2.24) is 15.1 Å². The third kappa shape index (κ3) is 5.86. The summed E-state index contributed by atoms with van der Waals surface area (Å²) >= 11 is 0. The number of ether oxygens (including phenoxy) is 1. The first kappa shape index (κ1) is 34.1. The molecule has 48 heavy (non-hydrogen) atoms.